The number of nitro benzene ring substituents is 1. The Kier molecular flexibility index (Phi) is 5.70. The van der Waals surface area contributed by atoms with Gasteiger partial charge in [0.1, 0.15) is 15.7 Å². The Bertz CT molecular complexity index is 1100. The van der Waals surface area contributed by atoms with E-state index < -0.39 is 14.9 Å². The highest BCUT2D eigenvalue weighted by Crippen LogP contribution is 2.32. The SMILES string of the molecule is O=[N+]([O-])c1cc(NS(=O)(=O)c2ccc(Br)s2)cc(Oc2ccc(Cl)cc2)c1. The van der Waals surface area contributed by atoms with Crippen LogP contribution in [0.5, 0.6) is 11.5 Å². The normalized spacial score (nSPS) is 11.2. The number of nitrogens with zero attached hydrogens (tertiary/aromatic N) is 1. The quantitative estimate of drug-likeness (QED) is 0.355. The molecule has 0 aliphatic carbocycles. The van der Waals surface area contributed by atoms with Crippen molar-refractivity contribution >= 4 is 60.3 Å². The lowest BCUT2D eigenvalue weighted by molar-refractivity contribution is -0.384. The van der Waals surface area contributed by atoms with Crippen LogP contribution in [0.15, 0.2) is 62.6 Å². The monoisotopic (exact) mass is 488 g/mol. The molecule has 2 aromatic carbocycles. The number of hydrogen-bond donors (Lipinski definition) is 1. The molecule has 0 aliphatic heterocycles. The van der Waals surface area contributed by atoms with Gasteiger partial charge in [0.15, 0.2) is 0 Å². The minimum atomic E-state index is -3.89. The molecule has 0 unspecified atom stereocenters. The van der Waals surface area contributed by atoms with Crippen LogP contribution in [0.2, 0.25) is 5.02 Å². The van der Waals surface area contributed by atoms with Crippen LogP contribution >= 0.6 is 38.9 Å². The fourth-order valence-corrected chi connectivity index (χ4v) is 5.27. The van der Waals surface area contributed by atoms with Gasteiger partial charge in [0, 0.05) is 17.2 Å². The van der Waals surface area contributed by atoms with E-state index in [1.54, 1.807) is 30.3 Å². The number of benzene rings is 2. The van der Waals surface area contributed by atoms with Crippen LogP contribution in [0.3, 0.4) is 0 Å². The third-order valence-corrected chi connectivity index (χ3v) is 6.97. The molecule has 1 heterocycles. The number of halogens is 2. The Morgan fingerprint density at radius 3 is 2.37 bits per heavy atom. The summed E-state index contributed by atoms with van der Waals surface area (Å²) in [6, 6.07) is 13.1. The smallest absolute Gasteiger partial charge is 0.275 e. The van der Waals surface area contributed by atoms with Gasteiger partial charge in [-0.2, -0.15) is 0 Å². The molecule has 0 aliphatic rings. The van der Waals surface area contributed by atoms with Gasteiger partial charge >= 0.3 is 0 Å². The summed E-state index contributed by atoms with van der Waals surface area (Å²) < 4.78 is 33.6. The van der Waals surface area contributed by atoms with E-state index >= 15 is 0 Å². The molecule has 0 bridgehead atoms. The van der Waals surface area contributed by atoms with E-state index in [1.807, 2.05) is 0 Å². The number of rotatable bonds is 6. The van der Waals surface area contributed by atoms with Crippen molar-refractivity contribution in [2.45, 2.75) is 4.21 Å². The first kappa shape index (κ1) is 19.6. The molecule has 0 fully saturated rings. The third-order valence-electron chi connectivity index (χ3n) is 3.22. The fourth-order valence-electron chi connectivity index (χ4n) is 2.09. The minimum Gasteiger partial charge on any atom is -0.457 e. The van der Waals surface area contributed by atoms with Crippen molar-refractivity contribution in [2.75, 3.05) is 4.72 Å². The second-order valence-electron chi connectivity index (χ2n) is 5.19. The van der Waals surface area contributed by atoms with Crippen LogP contribution in [0.4, 0.5) is 11.4 Å². The lowest BCUT2D eigenvalue weighted by atomic mass is 10.2. The van der Waals surface area contributed by atoms with Crippen LogP contribution < -0.4 is 9.46 Å². The lowest BCUT2D eigenvalue weighted by Gasteiger charge is -2.10. The predicted molar refractivity (Wildman–Crippen MR) is 107 cm³/mol. The first-order valence-corrected chi connectivity index (χ1v) is 10.7. The van der Waals surface area contributed by atoms with Gasteiger partial charge < -0.3 is 4.74 Å². The van der Waals surface area contributed by atoms with E-state index in [1.165, 1.54) is 18.2 Å². The minimum absolute atomic E-state index is 0.0117. The first-order chi connectivity index (χ1) is 12.7. The fraction of sp³-hybridized carbons (Fsp3) is 0. The molecule has 0 saturated carbocycles. The van der Waals surface area contributed by atoms with E-state index in [4.69, 9.17) is 16.3 Å². The number of thiophene rings is 1. The highest BCUT2D eigenvalue weighted by Gasteiger charge is 2.19. The number of nitro groups is 1. The number of hydrogen-bond acceptors (Lipinski definition) is 6. The van der Waals surface area contributed by atoms with Crippen molar-refractivity contribution in [3.8, 4) is 11.5 Å². The van der Waals surface area contributed by atoms with Gasteiger partial charge in [-0.1, -0.05) is 11.6 Å². The van der Waals surface area contributed by atoms with Crippen molar-refractivity contribution < 1.29 is 18.1 Å². The Morgan fingerprint density at radius 2 is 1.78 bits per heavy atom. The average Bonchev–Trinajstić information content (AvgIpc) is 3.04. The number of sulfonamides is 1. The maximum Gasteiger partial charge on any atom is 0.275 e. The number of nitrogens with one attached hydrogen (secondary N) is 1. The molecule has 0 saturated heterocycles. The maximum absolute atomic E-state index is 12.5. The summed E-state index contributed by atoms with van der Waals surface area (Å²) in [6.45, 7) is 0. The standard InChI is InChI=1S/C16H10BrClN2O5S2/c17-15-5-6-16(26-15)27(23,24)19-11-7-12(20(21)22)9-14(8-11)25-13-3-1-10(18)2-4-13/h1-9,19H. The van der Waals surface area contributed by atoms with Crippen molar-refractivity contribution in [2.24, 2.45) is 0 Å². The molecule has 1 N–H and O–H groups in total. The molecule has 3 rings (SSSR count). The van der Waals surface area contributed by atoms with Crippen molar-refractivity contribution in [1.82, 2.24) is 0 Å². The molecule has 0 atom stereocenters. The summed E-state index contributed by atoms with van der Waals surface area (Å²) in [5.74, 6) is 0.507. The summed E-state index contributed by atoms with van der Waals surface area (Å²) in [5.41, 5.74) is -0.302. The van der Waals surface area contributed by atoms with Gasteiger partial charge in [-0.25, -0.2) is 8.42 Å². The molecule has 27 heavy (non-hydrogen) atoms. The van der Waals surface area contributed by atoms with Gasteiger partial charge in [-0.15, -0.1) is 11.3 Å². The zero-order chi connectivity index (χ0) is 19.6. The maximum atomic E-state index is 12.5. The van der Waals surface area contributed by atoms with Crippen LogP contribution in [0, 0.1) is 10.1 Å². The molecule has 11 heteroatoms. The molecular weight excluding hydrogens is 480 g/mol. The summed E-state index contributed by atoms with van der Waals surface area (Å²) in [6.07, 6.45) is 0. The number of anilines is 1. The molecular formula is C16H10BrClN2O5S2. The van der Waals surface area contributed by atoms with Gasteiger partial charge in [-0.3, -0.25) is 14.8 Å². The zero-order valence-electron chi connectivity index (χ0n) is 13.3. The van der Waals surface area contributed by atoms with Crippen LogP contribution in [-0.2, 0) is 10.0 Å². The van der Waals surface area contributed by atoms with E-state index in [0.29, 0.717) is 14.6 Å². The number of ether oxygens (including phenoxy) is 1. The van der Waals surface area contributed by atoms with Gasteiger partial charge in [0.2, 0.25) is 0 Å². The Morgan fingerprint density at radius 1 is 1.07 bits per heavy atom. The first-order valence-electron chi connectivity index (χ1n) is 7.24. The van der Waals surface area contributed by atoms with Crippen LogP contribution in [-0.4, -0.2) is 13.3 Å². The molecule has 0 amide bonds. The molecule has 3 aromatic rings. The van der Waals surface area contributed by atoms with Crippen molar-refractivity contribution in [3.05, 3.63) is 73.5 Å². The largest absolute Gasteiger partial charge is 0.457 e. The van der Waals surface area contributed by atoms with Gasteiger partial charge in [0.05, 0.1) is 20.5 Å². The molecule has 0 spiro atoms. The molecule has 7 nitrogen and oxygen atoms in total. The van der Waals surface area contributed by atoms with Crippen molar-refractivity contribution in [3.63, 3.8) is 0 Å². The molecule has 1 aromatic heterocycles. The lowest BCUT2D eigenvalue weighted by Crippen LogP contribution is -2.11. The number of non-ortho nitro benzene ring substituents is 1. The molecule has 0 radical (unpaired) electrons. The van der Waals surface area contributed by atoms with Gasteiger partial charge in [-0.05, 0) is 52.3 Å². The average molecular weight is 490 g/mol. The van der Waals surface area contributed by atoms with Crippen LogP contribution in [0.1, 0.15) is 0 Å². The highest BCUT2D eigenvalue weighted by atomic mass is 79.9. The second-order valence-corrected chi connectivity index (χ2v) is 10.0. The van der Waals surface area contributed by atoms with E-state index in [9.17, 15) is 18.5 Å². The van der Waals surface area contributed by atoms with E-state index in [-0.39, 0.29) is 21.3 Å². The zero-order valence-corrected chi connectivity index (χ0v) is 17.2. The third kappa shape index (κ3) is 4.98. The summed E-state index contributed by atoms with van der Waals surface area (Å²) in [7, 11) is -3.89. The Labute approximate surface area is 171 Å². The van der Waals surface area contributed by atoms with Crippen molar-refractivity contribution in [1.29, 1.82) is 0 Å². The summed E-state index contributed by atoms with van der Waals surface area (Å²) in [4.78, 5) is 10.6. The van der Waals surface area contributed by atoms with E-state index in [0.717, 1.165) is 17.4 Å². The summed E-state index contributed by atoms with van der Waals surface area (Å²) >= 11 is 10.0. The van der Waals surface area contributed by atoms with Crippen LogP contribution in [0.25, 0.3) is 0 Å². The Balaban J connectivity index is 1.94. The topological polar surface area (TPSA) is 98.5 Å². The van der Waals surface area contributed by atoms with Gasteiger partial charge in [0.25, 0.3) is 15.7 Å². The Hall–Kier alpha value is -2.14. The molecule has 140 valence electrons. The highest BCUT2D eigenvalue weighted by molar-refractivity contribution is 9.11. The predicted octanol–water partition coefficient (Wildman–Crippen LogP) is 5.67. The second kappa shape index (κ2) is 7.85. The summed E-state index contributed by atoms with van der Waals surface area (Å²) in [5, 5.41) is 11.7. The van der Waals surface area contributed by atoms with E-state index in [2.05, 4.69) is 20.7 Å².